The molecule has 0 aliphatic rings. The number of nitrogens with one attached hydrogen (secondary N) is 2. The summed E-state index contributed by atoms with van der Waals surface area (Å²) in [6.45, 7) is 2.01. The molecule has 0 bridgehead atoms. The summed E-state index contributed by atoms with van der Waals surface area (Å²) in [7, 11) is -3.90. The lowest BCUT2D eigenvalue weighted by molar-refractivity contribution is 0.0698. The van der Waals surface area contributed by atoms with Crippen LogP contribution < -0.4 is 9.44 Å². The van der Waals surface area contributed by atoms with Crippen molar-refractivity contribution in [2.45, 2.75) is 13.3 Å². The van der Waals surface area contributed by atoms with E-state index in [0.29, 0.717) is 6.42 Å². The number of hydrogen-bond acceptors (Lipinski definition) is 3. The fourth-order valence-electron chi connectivity index (χ4n) is 1.27. The van der Waals surface area contributed by atoms with E-state index >= 15 is 0 Å². The minimum atomic E-state index is -3.90. The zero-order chi connectivity index (χ0) is 14.6. The second-order valence-corrected chi connectivity index (χ2v) is 5.90. The molecular formula is C10H12Cl2N2O4S. The Balaban J connectivity index is 3.20. The zero-order valence-electron chi connectivity index (χ0n) is 9.91. The van der Waals surface area contributed by atoms with Crippen molar-refractivity contribution in [3.63, 3.8) is 0 Å². The van der Waals surface area contributed by atoms with Crippen molar-refractivity contribution in [2.75, 3.05) is 11.3 Å². The number of benzene rings is 1. The van der Waals surface area contributed by atoms with Crippen molar-refractivity contribution in [3.8, 4) is 0 Å². The molecule has 0 atom stereocenters. The van der Waals surface area contributed by atoms with E-state index in [1.807, 2.05) is 0 Å². The van der Waals surface area contributed by atoms with E-state index < -0.39 is 21.7 Å². The van der Waals surface area contributed by atoms with Gasteiger partial charge in [0.15, 0.2) is 0 Å². The molecule has 1 rings (SSSR count). The fraction of sp³-hybridized carbons (Fsp3) is 0.300. The molecule has 0 aliphatic heterocycles. The van der Waals surface area contributed by atoms with Gasteiger partial charge in [-0.25, -0.2) is 4.79 Å². The summed E-state index contributed by atoms with van der Waals surface area (Å²) in [5.41, 5.74) is -0.652. The molecule has 0 saturated heterocycles. The van der Waals surface area contributed by atoms with Gasteiger partial charge in [-0.15, -0.1) is 0 Å². The van der Waals surface area contributed by atoms with Crippen LogP contribution in [0.5, 0.6) is 0 Å². The number of carboxylic acids is 1. The van der Waals surface area contributed by atoms with Crippen LogP contribution in [0.2, 0.25) is 10.0 Å². The maximum absolute atomic E-state index is 11.7. The molecule has 106 valence electrons. The van der Waals surface area contributed by atoms with Gasteiger partial charge < -0.3 is 5.11 Å². The van der Waals surface area contributed by atoms with Gasteiger partial charge in [0.1, 0.15) is 5.56 Å². The summed E-state index contributed by atoms with van der Waals surface area (Å²) in [5, 5.41) is 8.89. The lowest BCUT2D eigenvalue weighted by atomic mass is 10.2. The first-order valence-corrected chi connectivity index (χ1v) is 7.51. The first kappa shape index (κ1) is 16.0. The lowest BCUT2D eigenvalue weighted by Crippen LogP contribution is -2.31. The Morgan fingerprint density at radius 3 is 2.42 bits per heavy atom. The van der Waals surface area contributed by atoms with Crippen molar-refractivity contribution in [2.24, 2.45) is 0 Å². The third-order valence-electron chi connectivity index (χ3n) is 2.10. The number of aromatic carboxylic acids is 1. The van der Waals surface area contributed by atoms with Crippen LogP contribution in [0.15, 0.2) is 12.1 Å². The highest BCUT2D eigenvalue weighted by molar-refractivity contribution is 7.90. The molecule has 1 aromatic rings. The molecule has 0 amide bonds. The predicted octanol–water partition coefficient (Wildman–Crippen LogP) is 2.35. The number of halogens is 2. The highest BCUT2D eigenvalue weighted by Gasteiger charge is 2.21. The molecular weight excluding hydrogens is 315 g/mol. The van der Waals surface area contributed by atoms with Crippen molar-refractivity contribution in [1.82, 2.24) is 4.72 Å². The highest BCUT2D eigenvalue weighted by Crippen LogP contribution is 2.32. The number of anilines is 1. The minimum Gasteiger partial charge on any atom is -0.478 e. The van der Waals surface area contributed by atoms with E-state index in [-0.39, 0.29) is 22.3 Å². The average molecular weight is 327 g/mol. The number of hydrogen-bond donors (Lipinski definition) is 3. The van der Waals surface area contributed by atoms with Crippen molar-refractivity contribution in [3.05, 3.63) is 27.7 Å². The van der Waals surface area contributed by atoms with Gasteiger partial charge in [0.2, 0.25) is 0 Å². The molecule has 6 nitrogen and oxygen atoms in total. The average Bonchev–Trinajstić information content (AvgIpc) is 2.30. The van der Waals surface area contributed by atoms with Crippen molar-refractivity contribution < 1.29 is 18.3 Å². The van der Waals surface area contributed by atoms with Gasteiger partial charge in [-0.3, -0.25) is 4.72 Å². The number of rotatable bonds is 6. The van der Waals surface area contributed by atoms with Crippen molar-refractivity contribution in [1.29, 1.82) is 0 Å². The third-order valence-corrected chi connectivity index (χ3v) is 3.78. The first-order valence-electron chi connectivity index (χ1n) is 5.27. The largest absolute Gasteiger partial charge is 0.478 e. The Labute approximate surface area is 120 Å². The van der Waals surface area contributed by atoms with E-state index in [0.717, 1.165) is 0 Å². The molecule has 0 spiro atoms. The molecule has 0 heterocycles. The van der Waals surface area contributed by atoms with Crippen LogP contribution in [-0.2, 0) is 10.2 Å². The second-order valence-electron chi connectivity index (χ2n) is 3.58. The van der Waals surface area contributed by atoms with Gasteiger partial charge in [0.25, 0.3) is 10.2 Å². The molecule has 19 heavy (non-hydrogen) atoms. The Hall–Kier alpha value is -1.02. The topological polar surface area (TPSA) is 95.5 Å². The van der Waals surface area contributed by atoms with Crippen LogP contribution in [0, 0.1) is 0 Å². The van der Waals surface area contributed by atoms with Gasteiger partial charge >= 0.3 is 5.97 Å². The van der Waals surface area contributed by atoms with Crippen LogP contribution in [0.4, 0.5) is 5.69 Å². The third kappa shape index (κ3) is 4.24. The Morgan fingerprint density at radius 1 is 1.32 bits per heavy atom. The van der Waals surface area contributed by atoms with E-state index in [4.69, 9.17) is 28.3 Å². The fourth-order valence-corrected chi connectivity index (χ4v) is 2.79. The molecule has 9 heteroatoms. The van der Waals surface area contributed by atoms with Gasteiger partial charge in [-0.2, -0.15) is 13.1 Å². The molecule has 0 aromatic heterocycles. The van der Waals surface area contributed by atoms with Crippen LogP contribution in [0.1, 0.15) is 23.7 Å². The summed E-state index contributed by atoms with van der Waals surface area (Å²) >= 11 is 11.5. The molecule has 0 fully saturated rings. The summed E-state index contributed by atoms with van der Waals surface area (Å²) in [4.78, 5) is 11.1. The molecule has 0 unspecified atom stereocenters. The molecule has 0 saturated carbocycles. The van der Waals surface area contributed by atoms with Crippen LogP contribution >= 0.6 is 23.2 Å². The quantitative estimate of drug-likeness (QED) is 0.747. The monoisotopic (exact) mass is 326 g/mol. The molecule has 3 N–H and O–H groups in total. The van der Waals surface area contributed by atoms with Gasteiger partial charge in [0, 0.05) is 6.54 Å². The first-order chi connectivity index (χ1) is 8.78. The minimum absolute atomic E-state index is 0.0522. The Bertz CT molecular complexity index is 589. The normalized spacial score (nSPS) is 11.3. The highest BCUT2D eigenvalue weighted by atomic mass is 35.5. The lowest BCUT2D eigenvalue weighted by Gasteiger charge is -2.13. The molecule has 0 aliphatic carbocycles. The van der Waals surface area contributed by atoms with E-state index in [2.05, 4.69) is 9.44 Å². The van der Waals surface area contributed by atoms with E-state index in [9.17, 15) is 13.2 Å². The zero-order valence-corrected chi connectivity index (χ0v) is 12.2. The Kier molecular flexibility index (Phi) is 5.42. The van der Waals surface area contributed by atoms with Gasteiger partial charge in [-0.05, 0) is 18.6 Å². The standard InChI is InChI=1S/C10H12Cl2N2O4S/c1-2-5-13-19(17,18)14-9-7(12)4-3-6(11)8(9)10(15)16/h3-4,13-14H,2,5H2,1H3,(H,15,16). The van der Waals surface area contributed by atoms with E-state index in [1.165, 1.54) is 12.1 Å². The second kappa shape index (κ2) is 6.42. The number of carboxylic acid groups (broad SMARTS) is 1. The SMILES string of the molecule is CCCNS(=O)(=O)Nc1c(Cl)ccc(Cl)c1C(=O)O. The summed E-state index contributed by atoms with van der Waals surface area (Å²) in [6, 6.07) is 2.60. The van der Waals surface area contributed by atoms with Crippen molar-refractivity contribution >= 4 is 45.1 Å². The van der Waals surface area contributed by atoms with Gasteiger partial charge in [-0.1, -0.05) is 30.1 Å². The smallest absolute Gasteiger partial charge is 0.339 e. The summed E-state index contributed by atoms with van der Waals surface area (Å²) < 4.78 is 27.7. The molecule has 1 aromatic carbocycles. The maximum Gasteiger partial charge on any atom is 0.339 e. The van der Waals surface area contributed by atoms with Crippen LogP contribution in [0.3, 0.4) is 0 Å². The summed E-state index contributed by atoms with van der Waals surface area (Å²) in [6.07, 6.45) is 0.593. The van der Waals surface area contributed by atoms with Gasteiger partial charge in [0.05, 0.1) is 15.7 Å². The summed E-state index contributed by atoms with van der Waals surface area (Å²) in [5.74, 6) is -1.37. The van der Waals surface area contributed by atoms with Crippen LogP contribution in [-0.4, -0.2) is 26.0 Å². The Morgan fingerprint density at radius 2 is 1.89 bits per heavy atom. The predicted molar refractivity (Wildman–Crippen MR) is 74.3 cm³/mol. The maximum atomic E-state index is 11.7. The molecule has 0 radical (unpaired) electrons. The number of carbonyl (C=O) groups is 1. The van der Waals surface area contributed by atoms with E-state index in [1.54, 1.807) is 6.92 Å². The van der Waals surface area contributed by atoms with Crippen LogP contribution in [0.25, 0.3) is 0 Å².